The van der Waals surface area contributed by atoms with E-state index in [1.54, 1.807) is 12.5 Å². The Kier molecular flexibility index (Phi) is 4.75. The van der Waals surface area contributed by atoms with Crippen LogP contribution in [-0.2, 0) is 13.1 Å². The van der Waals surface area contributed by atoms with Gasteiger partial charge in [0, 0.05) is 25.3 Å². The molecule has 2 rings (SSSR count). The molecule has 2 aromatic rings. The van der Waals surface area contributed by atoms with Crippen LogP contribution in [0.2, 0.25) is 0 Å². The summed E-state index contributed by atoms with van der Waals surface area (Å²) >= 11 is 0. The van der Waals surface area contributed by atoms with E-state index >= 15 is 0 Å². The van der Waals surface area contributed by atoms with Gasteiger partial charge in [0.15, 0.2) is 0 Å². The van der Waals surface area contributed by atoms with Crippen molar-refractivity contribution < 1.29 is 4.79 Å². The number of hydrogen-bond donors (Lipinski definition) is 2. The van der Waals surface area contributed by atoms with Crippen molar-refractivity contribution in [1.29, 1.82) is 0 Å². The minimum absolute atomic E-state index is 0.156. The van der Waals surface area contributed by atoms with Crippen LogP contribution in [0.15, 0.2) is 30.7 Å². The molecule has 1 aromatic heterocycles. The Morgan fingerprint density at radius 2 is 2.19 bits per heavy atom. The average Bonchev–Trinajstić information content (AvgIpc) is 2.95. The second kappa shape index (κ2) is 6.54. The zero-order valence-corrected chi connectivity index (χ0v) is 12.8. The van der Waals surface area contributed by atoms with Gasteiger partial charge in [-0.15, -0.1) is 0 Å². The molecule has 0 saturated heterocycles. The summed E-state index contributed by atoms with van der Waals surface area (Å²) in [6.07, 6.45) is 3.45. The first kappa shape index (κ1) is 15.3. The molecule has 0 aliphatic rings. The first-order chi connectivity index (χ1) is 10.0. The number of nitrogens with one attached hydrogen (secondary N) is 1. The lowest BCUT2D eigenvalue weighted by Gasteiger charge is -2.09. The zero-order chi connectivity index (χ0) is 15.4. The Hall–Kier alpha value is -2.14. The molecule has 0 aliphatic heterocycles. The van der Waals surface area contributed by atoms with Crippen molar-refractivity contribution in [2.24, 2.45) is 5.73 Å². The van der Waals surface area contributed by atoms with Crippen molar-refractivity contribution in [2.75, 3.05) is 0 Å². The highest BCUT2D eigenvalue weighted by molar-refractivity contribution is 5.91. The van der Waals surface area contributed by atoms with Crippen molar-refractivity contribution >= 4 is 5.91 Å². The normalized spacial score (nSPS) is 10.9. The van der Waals surface area contributed by atoms with Crippen LogP contribution in [0.1, 0.15) is 47.1 Å². The van der Waals surface area contributed by atoms with Crippen LogP contribution in [-0.4, -0.2) is 15.5 Å². The Morgan fingerprint density at radius 1 is 1.43 bits per heavy atom. The van der Waals surface area contributed by atoms with Crippen molar-refractivity contribution in [3.8, 4) is 0 Å². The Morgan fingerprint density at radius 3 is 2.76 bits per heavy atom. The standard InChI is InChI=1S/C16H22N4O/c1-11(2)20-9-15(19-10-20)16(21)18-8-14-5-4-13(7-17)6-12(14)3/h4-6,9-11H,7-8,17H2,1-3H3,(H,18,21). The van der Waals surface area contributed by atoms with Gasteiger partial charge in [0.2, 0.25) is 0 Å². The molecule has 0 bridgehead atoms. The van der Waals surface area contributed by atoms with E-state index < -0.39 is 0 Å². The Balaban J connectivity index is 2.00. The van der Waals surface area contributed by atoms with Crippen molar-refractivity contribution in [3.63, 3.8) is 0 Å². The largest absolute Gasteiger partial charge is 0.347 e. The number of carbonyl (C=O) groups is 1. The number of amides is 1. The second-order valence-corrected chi connectivity index (χ2v) is 5.45. The molecule has 0 spiro atoms. The highest BCUT2D eigenvalue weighted by Crippen LogP contribution is 2.11. The molecule has 3 N–H and O–H groups in total. The molecule has 1 amide bonds. The second-order valence-electron chi connectivity index (χ2n) is 5.45. The molecule has 0 radical (unpaired) electrons. The van der Waals surface area contributed by atoms with Gasteiger partial charge in [-0.25, -0.2) is 4.98 Å². The molecule has 5 heteroatoms. The van der Waals surface area contributed by atoms with E-state index in [-0.39, 0.29) is 5.91 Å². The number of aromatic nitrogens is 2. The number of imidazole rings is 1. The lowest BCUT2D eigenvalue weighted by molar-refractivity contribution is 0.0946. The van der Waals surface area contributed by atoms with E-state index in [0.717, 1.165) is 16.7 Å². The van der Waals surface area contributed by atoms with Crippen LogP contribution in [0.4, 0.5) is 0 Å². The van der Waals surface area contributed by atoms with Gasteiger partial charge >= 0.3 is 0 Å². The number of nitrogens with zero attached hydrogens (tertiary/aromatic N) is 2. The fraction of sp³-hybridized carbons (Fsp3) is 0.375. The van der Waals surface area contributed by atoms with Gasteiger partial charge in [0.1, 0.15) is 5.69 Å². The van der Waals surface area contributed by atoms with Crippen LogP contribution < -0.4 is 11.1 Å². The average molecular weight is 286 g/mol. The molecular formula is C16H22N4O. The van der Waals surface area contributed by atoms with Gasteiger partial charge in [-0.05, 0) is 37.5 Å². The van der Waals surface area contributed by atoms with E-state index in [4.69, 9.17) is 5.73 Å². The quantitative estimate of drug-likeness (QED) is 0.884. The molecule has 0 fully saturated rings. The predicted molar refractivity (Wildman–Crippen MR) is 82.9 cm³/mol. The lowest BCUT2D eigenvalue weighted by atomic mass is 10.1. The molecule has 0 saturated carbocycles. The first-order valence-corrected chi connectivity index (χ1v) is 7.11. The summed E-state index contributed by atoms with van der Waals surface area (Å²) in [5.74, 6) is -0.156. The van der Waals surface area contributed by atoms with Crippen LogP contribution in [0.3, 0.4) is 0 Å². The molecule has 1 heterocycles. The van der Waals surface area contributed by atoms with Gasteiger partial charge < -0.3 is 15.6 Å². The Labute approximate surface area is 125 Å². The van der Waals surface area contributed by atoms with Crippen molar-refractivity contribution in [1.82, 2.24) is 14.9 Å². The van der Waals surface area contributed by atoms with E-state index in [1.807, 2.05) is 37.5 Å². The van der Waals surface area contributed by atoms with E-state index in [9.17, 15) is 4.79 Å². The molecule has 1 aromatic carbocycles. The lowest BCUT2D eigenvalue weighted by Crippen LogP contribution is -2.23. The molecule has 0 atom stereocenters. The third kappa shape index (κ3) is 3.70. The molecule has 21 heavy (non-hydrogen) atoms. The highest BCUT2D eigenvalue weighted by atomic mass is 16.1. The van der Waals surface area contributed by atoms with Crippen LogP contribution in [0.25, 0.3) is 0 Å². The number of rotatable bonds is 5. The summed E-state index contributed by atoms with van der Waals surface area (Å²) < 4.78 is 1.91. The fourth-order valence-corrected chi connectivity index (χ4v) is 2.09. The van der Waals surface area contributed by atoms with Gasteiger partial charge in [-0.2, -0.15) is 0 Å². The number of nitrogens with two attached hydrogens (primary N) is 1. The van der Waals surface area contributed by atoms with Gasteiger partial charge in [-0.1, -0.05) is 18.2 Å². The third-order valence-corrected chi connectivity index (χ3v) is 3.51. The van der Waals surface area contributed by atoms with Crippen LogP contribution in [0.5, 0.6) is 0 Å². The predicted octanol–water partition coefficient (Wildman–Crippen LogP) is 2.16. The maximum atomic E-state index is 12.1. The van der Waals surface area contributed by atoms with Gasteiger partial charge in [0.25, 0.3) is 5.91 Å². The summed E-state index contributed by atoms with van der Waals surface area (Å²) in [6, 6.07) is 6.34. The minimum atomic E-state index is -0.156. The van der Waals surface area contributed by atoms with Gasteiger partial charge in [-0.3, -0.25) is 4.79 Å². The topological polar surface area (TPSA) is 72.9 Å². The number of aryl methyl sites for hydroxylation is 1. The number of hydrogen-bond acceptors (Lipinski definition) is 3. The number of benzene rings is 1. The molecular weight excluding hydrogens is 264 g/mol. The van der Waals surface area contributed by atoms with E-state index in [1.165, 1.54) is 0 Å². The maximum Gasteiger partial charge on any atom is 0.271 e. The van der Waals surface area contributed by atoms with Crippen molar-refractivity contribution in [3.05, 3.63) is 53.1 Å². The summed E-state index contributed by atoms with van der Waals surface area (Å²) in [5, 5.41) is 2.90. The van der Waals surface area contributed by atoms with Crippen LogP contribution in [0, 0.1) is 6.92 Å². The third-order valence-electron chi connectivity index (χ3n) is 3.51. The van der Waals surface area contributed by atoms with Crippen molar-refractivity contribution in [2.45, 2.75) is 39.9 Å². The molecule has 112 valence electrons. The van der Waals surface area contributed by atoms with E-state index in [2.05, 4.69) is 16.4 Å². The summed E-state index contributed by atoms with van der Waals surface area (Å²) in [4.78, 5) is 16.2. The zero-order valence-electron chi connectivity index (χ0n) is 12.8. The van der Waals surface area contributed by atoms with Crippen LogP contribution >= 0.6 is 0 Å². The summed E-state index contributed by atoms with van der Waals surface area (Å²) in [5.41, 5.74) is 9.37. The van der Waals surface area contributed by atoms with Gasteiger partial charge in [0.05, 0.1) is 6.33 Å². The smallest absolute Gasteiger partial charge is 0.271 e. The number of carbonyl (C=O) groups excluding carboxylic acids is 1. The highest BCUT2D eigenvalue weighted by Gasteiger charge is 2.10. The Bertz CT molecular complexity index is 631. The fourth-order valence-electron chi connectivity index (χ4n) is 2.09. The summed E-state index contributed by atoms with van der Waals surface area (Å²) in [6.45, 7) is 7.13. The summed E-state index contributed by atoms with van der Waals surface area (Å²) in [7, 11) is 0. The van der Waals surface area contributed by atoms with E-state index in [0.29, 0.717) is 24.8 Å². The molecule has 0 unspecified atom stereocenters. The SMILES string of the molecule is Cc1cc(CN)ccc1CNC(=O)c1cn(C(C)C)cn1. The molecule has 0 aliphatic carbocycles. The minimum Gasteiger partial charge on any atom is -0.347 e. The maximum absolute atomic E-state index is 12.1. The first-order valence-electron chi connectivity index (χ1n) is 7.11. The molecule has 5 nitrogen and oxygen atoms in total. The monoisotopic (exact) mass is 286 g/mol.